The molecule has 0 bridgehead atoms. The molecule has 0 saturated carbocycles. The maximum absolute atomic E-state index is 13.9. The third-order valence-electron chi connectivity index (χ3n) is 4.12. The first kappa shape index (κ1) is 21.1. The summed E-state index contributed by atoms with van der Waals surface area (Å²) in [4.78, 5) is 10.9. The fourth-order valence-electron chi connectivity index (χ4n) is 2.58. The van der Waals surface area contributed by atoms with Crippen molar-refractivity contribution in [1.82, 2.24) is 19.6 Å². The summed E-state index contributed by atoms with van der Waals surface area (Å²) in [6, 6.07) is 6.06. The van der Waals surface area contributed by atoms with Gasteiger partial charge in [-0.05, 0) is 19.0 Å². The van der Waals surface area contributed by atoms with E-state index in [2.05, 4.69) is 24.3 Å². The van der Waals surface area contributed by atoms with Crippen molar-refractivity contribution in [2.45, 2.75) is 17.3 Å². The predicted octanol–water partition coefficient (Wildman–Crippen LogP) is 3.38. The molecule has 2 aromatic rings. The summed E-state index contributed by atoms with van der Waals surface area (Å²) in [5, 5.41) is 3.88. The van der Waals surface area contributed by atoms with Gasteiger partial charge in [-0.15, -0.1) is 0 Å². The van der Waals surface area contributed by atoms with Gasteiger partial charge in [0.25, 0.3) is 0 Å². The molecule has 3 rings (SSSR count). The maximum atomic E-state index is 13.9. The van der Waals surface area contributed by atoms with Crippen molar-refractivity contribution in [1.29, 1.82) is 0 Å². The highest BCUT2D eigenvalue weighted by Gasteiger charge is 2.13. The van der Waals surface area contributed by atoms with E-state index in [4.69, 9.17) is 0 Å². The van der Waals surface area contributed by atoms with Crippen molar-refractivity contribution in [2.24, 2.45) is 0 Å². The van der Waals surface area contributed by atoms with Gasteiger partial charge in [-0.25, -0.2) is 23.1 Å². The molecule has 0 amide bonds. The highest BCUT2D eigenvalue weighted by molar-refractivity contribution is 7.98. The lowest BCUT2D eigenvalue weighted by Gasteiger charge is -2.19. The minimum atomic E-state index is -0.841. The largest absolute Gasteiger partial charge is 0.363 e. The first-order valence-electron chi connectivity index (χ1n) is 9.03. The number of anilines is 2. The Kier molecular flexibility index (Phi) is 7.72. The lowest BCUT2D eigenvalue weighted by Crippen LogP contribution is -2.23. The van der Waals surface area contributed by atoms with Crippen LogP contribution in [0.3, 0.4) is 0 Å². The average Bonchev–Trinajstić information content (AvgIpc) is 2.96. The number of hydrogen-bond acceptors (Lipinski definition) is 8. The average molecular weight is 427 g/mol. The quantitative estimate of drug-likeness (QED) is 0.397. The molecular formula is C18H24F2N6S2. The number of thioether (sulfide) groups is 1. The lowest BCUT2D eigenvalue weighted by atomic mass is 10.2. The van der Waals surface area contributed by atoms with Gasteiger partial charge in [-0.1, -0.05) is 23.9 Å². The van der Waals surface area contributed by atoms with E-state index < -0.39 is 11.6 Å². The maximum Gasteiger partial charge on any atom is 0.191 e. The molecule has 1 aliphatic heterocycles. The third-order valence-corrected chi connectivity index (χ3v) is 5.94. The molecule has 0 unspecified atom stereocenters. The molecule has 0 atom stereocenters. The molecular weight excluding hydrogens is 402 g/mol. The molecule has 2 N–H and O–H groups in total. The van der Waals surface area contributed by atoms with Crippen LogP contribution < -0.4 is 14.9 Å². The smallest absolute Gasteiger partial charge is 0.191 e. The molecule has 10 heteroatoms. The van der Waals surface area contributed by atoms with E-state index in [9.17, 15) is 8.78 Å². The summed E-state index contributed by atoms with van der Waals surface area (Å²) in [6.07, 6.45) is 1.10. The molecule has 0 spiro atoms. The van der Waals surface area contributed by atoms with Gasteiger partial charge < -0.3 is 14.9 Å². The van der Waals surface area contributed by atoms with Gasteiger partial charge in [-0.2, -0.15) is 0 Å². The molecule has 6 nitrogen and oxygen atoms in total. The predicted molar refractivity (Wildman–Crippen MR) is 113 cm³/mol. The van der Waals surface area contributed by atoms with Crippen LogP contribution in [0.2, 0.25) is 0 Å². The summed E-state index contributed by atoms with van der Waals surface area (Å²) in [7, 11) is 3.81. The minimum Gasteiger partial charge on any atom is -0.363 e. The Balaban J connectivity index is 1.69. The van der Waals surface area contributed by atoms with Crippen LogP contribution in [0.5, 0.6) is 0 Å². The molecule has 152 valence electrons. The van der Waals surface area contributed by atoms with Crippen LogP contribution in [0.15, 0.2) is 29.4 Å². The Hall–Kier alpha value is -1.62. The SMILES string of the molecule is CN(C)c1cc(NSN2CCCNCC2)nc(SCc2cccc(F)c2F)n1. The molecule has 1 saturated heterocycles. The van der Waals surface area contributed by atoms with Crippen LogP contribution in [0.4, 0.5) is 20.4 Å². The van der Waals surface area contributed by atoms with E-state index in [1.807, 2.05) is 25.1 Å². The zero-order valence-electron chi connectivity index (χ0n) is 15.9. The van der Waals surface area contributed by atoms with Crippen LogP contribution in [0.1, 0.15) is 12.0 Å². The second-order valence-electron chi connectivity index (χ2n) is 6.52. The van der Waals surface area contributed by atoms with Crippen LogP contribution in [-0.2, 0) is 5.75 Å². The summed E-state index contributed by atoms with van der Waals surface area (Å²) in [5.74, 6) is 0.0281. The molecule has 1 aromatic heterocycles. The van der Waals surface area contributed by atoms with Crippen LogP contribution in [0, 0.1) is 11.6 Å². The second-order valence-corrected chi connectivity index (χ2v) is 8.36. The Morgan fingerprint density at radius 3 is 2.89 bits per heavy atom. The van der Waals surface area contributed by atoms with Gasteiger partial charge in [0.1, 0.15) is 11.6 Å². The van der Waals surface area contributed by atoms with Gasteiger partial charge in [0.05, 0.1) is 0 Å². The molecule has 2 heterocycles. The van der Waals surface area contributed by atoms with Crippen molar-refractivity contribution < 1.29 is 8.78 Å². The Morgan fingerprint density at radius 2 is 2.07 bits per heavy atom. The Morgan fingerprint density at radius 1 is 1.21 bits per heavy atom. The highest BCUT2D eigenvalue weighted by Crippen LogP contribution is 2.27. The van der Waals surface area contributed by atoms with E-state index in [1.54, 1.807) is 6.07 Å². The lowest BCUT2D eigenvalue weighted by molar-refractivity contribution is 0.502. The molecule has 1 fully saturated rings. The van der Waals surface area contributed by atoms with Crippen molar-refractivity contribution in [3.05, 3.63) is 41.5 Å². The fourth-order valence-corrected chi connectivity index (χ4v) is 4.14. The van der Waals surface area contributed by atoms with E-state index in [1.165, 1.54) is 30.0 Å². The normalized spacial score (nSPS) is 15.3. The number of nitrogens with zero attached hydrogens (tertiary/aromatic N) is 4. The Bertz CT molecular complexity index is 785. The summed E-state index contributed by atoms with van der Waals surface area (Å²) in [6.45, 7) is 3.94. The summed E-state index contributed by atoms with van der Waals surface area (Å²) >= 11 is 2.81. The number of halogens is 2. The minimum absolute atomic E-state index is 0.255. The van der Waals surface area contributed by atoms with Gasteiger partial charge in [0.15, 0.2) is 16.8 Å². The molecule has 0 radical (unpaired) electrons. The van der Waals surface area contributed by atoms with E-state index >= 15 is 0 Å². The molecule has 0 aliphatic carbocycles. The van der Waals surface area contributed by atoms with Crippen LogP contribution in [-0.4, -0.2) is 54.5 Å². The third kappa shape index (κ3) is 5.94. The van der Waals surface area contributed by atoms with E-state index in [0.717, 1.165) is 44.5 Å². The van der Waals surface area contributed by atoms with Gasteiger partial charge in [0.2, 0.25) is 0 Å². The summed E-state index contributed by atoms with van der Waals surface area (Å²) < 4.78 is 32.8. The number of hydrogen-bond donors (Lipinski definition) is 2. The molecule has 28 heavy (non-hydrogen) atoms. The van der Waals surface area contributed by atoms with Gasteiger partial charge >= 0.3 is 0 Å². The Labute approximate surface area is 172 Å². The van der Waals surface area contributed by atoms with Crippen molar-refractivity contribution in [3.8, 4) is 0 Å². The standard InChI is InChI=1S/C18H24F2N6S2/c1-25(2)16-11-15(24-28-26-9-4-7-21-8-10-26)22-18(23-16)27-12-13-5-3-6-14(19)17(13)20/h3,5-6,11,21H,4,7-10,12H2,1-2H3,(H,22,23,24). The summed E-state index contributed by atoms with van der Waals surface area (Å²) in [5.41, 5.74) is 0.296. The number of nitrogens with one attached hydrogen (secondary N) is 2. The monoisotopic (exact) mass is 426 g/mol. The zero-order valence-corrected chi connectivity index (χ0v) is 17.5. The van der Waals surface area contributed by atoms with Crippen LogP contribution >= 0.6 is 23.9 Å². The van der Waals surface area contributed by atoms with Crippen molar-refractivity contribution in [2.75, 3.05) is 49.9 Å². The first-order valence-corrected chi connectivity index (χ1v) is 10.8. The fraction of sp³-hybridized carbons (Fsp3) is 0.444. The van der Waals surface area contributed by atoms with Gasteiger partial charge in [-0.3, -0.25) is 0 Å². The molecule has 1 aromatic carbocycles. The van der Waals surface area contributed by atoms with E-state index in [0.29, 0.717) is 16.5 Å². The topological polar surface area (TPSA) is 56.3 Å². The number of aromatic nitrogens is 2. The van der Waals surface area contributed by atoms with Gasteiger partial charge in [0, 0.05) is 63.2 Å². The molecule has 1 aliphatic rings. The van der Waals surface area contributed by atoms with Crippen molar-refractivity contribution in [3.63, 3.8) is 0 Å². The zero-order chi connectivity index (χ0) is 19.9. The number of rotatable bonds is 7. The second kappa shape index (κ2) is 10.2. The van der Waals surface area contributed by atoms with Crippen molar-refractivity contribution >= 4 is 35.5 Å². The highest BCUT2D eigenvalue weighted by atomic mass is 32.2. The first-order chi connectivity index (χ1) is 13.5. The van der Waals surface area contributed by atoms with Crippen LogP contribution in [0.25, 0.3) is 0 Å². The number of benzene rings is 1. The van der Waals surface area contributed by atoms with E-state index in [-0.39, 0.29) is 5.75 Å².